The summed E-state index contributed by atoms with van der Waals surface area (Å²) in [4.78, 5) is 15.8. The highest BCUT2D eigenvalue weighted by molar-refractivity contribution is 5.95. The summed E-state index contributed by atoms with van der Waals surface area (Å²) in [5.74, 6) is 0.795. The number of amides is 1. The Morgan fingerprint density at radius 1 is 1.15 bits per heavy atom. The average molecular weight is 264 g/mol. The molecule has 1 aliphatic carbocycles. The van der Waals surface area contributed by atoms with Crippen LogP contribution in [0.25, 0.3) is 11.1 Å². The van der Waals surface area contributed by atoms with Crippen molar-refractivity contribution in [1.29, 1.82) is 0 Å². The first-order valence-electron chi connectivity index (χ1n) is 7.19. The van der Waals surface area contributed by atoms with E-state index in [-0.39, 0.29) is 5.91 Å². The van der Waals surface area contributed by atoms with Gasteiger partial charge in [0.1, 0.15) is 0 Å². The minimum absolute atomic E-state index is 0.133. The fourth-order valence-corrected chi connectivity index (χ4v) is 3.11. The lowest BCUT2D eigenvalue weighted by atomic mass is 9.88. The van der Waals surface area contributed by atoms with E-state index >= 15 is 0 Å². The van der Waals surface area contributed by atoms with Gasteiger partial charge in [-0.1, -0.05) is 12.1 Å². The third-order valence-electron chi connectivity index (χ3n) is 4.19. The molecular weight excluding hydrogens is 248 g/mol. The molecule has 20 heavy (non-hydrogen) atoms. The number of rotatable bonds is 2. The van der Waals surface area contributed by atoms with Crippen LogP contribution in [0.5, 0.6) is 0 Å². The van der Waals surface area contributed by atoms with E-state index in [1.807, 2.05) is 18.3 Å². The van der Waals surface area contributed by atoms with Gasteiger partial charge in [-0.2, -0.15) is 0 Å². The van der Waals surface area contributed by atoms with E-state index < -0.39 is 0 Å². The summed E-state index contributed by atoms with van der Waals surface area (Å²) in [5.41, 5.74) is 6.25. The molecule has 2 aromatic rings. The number of pyridine rings is 1. The van der Waals surface area contributed by atoms with Gasteiger partial charge in [0.2, 0.25) is 5.91 Å². The number of carbonyl (C=O) groups is 1. The molecule has 4 rings (SSSR count). The summed E-state index contributed by atoms with van der Waals surface area (Å²) in [6.07, 6.45) is 7.72. The van der Waals surface area contributed by atoms with Crippen LogP contribution in [0.3, 0.4) is 0 Å². The summed E-state index contributed by atoms with van der Waals surface area (Å²) < 4.78 is 0. The molecule has 0 spiro atoms. The molecule has 0 bridgehead atoms. The minimum atomic E-state index is 0.133. The molecule has 0 atom stereocenters. The van der Waals surface area contributed by atoms with Crippen LogP contribution >= 0.6 is 0 Å². The Balaban J connectivity index is 1.90. The zero-order valence-corrected chi connectivity index (χ0v) is 11.2. The number of nitrogens with zero attached hydrogens (tertiary/aromatic N) is 1. The van der Waals surface area contributed by atoms with E-state index in [9.17, 15) is 4.79 Å². The Kier molecular flexibility index (Phi) is 2.59. The second kappa shape index (κ2) is 4.44. The SMILES string of the molecule is O=C1CCc2c(ccc(-c3cccnc3)c2C2CC2)N1. The maximum atomic E-state index is 11.6. The van der Waals surface area contributed by atoms with Crippen molar-refractivity contribution in [2.24, 2.45) is 0 Å². The molecule has 3 nitrogen and oxygen atoms in total. The molecule has 0 unspecified atom stereocenters. The van der Waals surface area contributed by atoms with Gasteiger partial charge in [0, 0.05) is 30.1 Å². The summed E-state index contributed by atoms with van der Waals surface area (Å²) >= 11 is 0. The zero-order valence-electron chi connectivity index (χ0n) is 11.2. The van der Waals surface area contributed by atoms with Gasteiger partial charge >= 0.3 is 0 Å². The lowest BCUT2D eigenvalue weighted by Crippen LogP contribution is -2.20. The van der Waals surface area contributed by atoms with E-state index in [0.717, 1.165) is 12.1 Å². The van der Waals surface area contributed by atoms with E-state index in [1.54, 1.807) is 6.20 Å². The standard InChI is InChI=1S/C17H16N2O/c20-16-8-6-14-15(19-16)7-5-13(17(14)11-3-4-11)12-2-1-9-18-10-12/h1-2,5,7,9-11H,3-4,6,8H2,(H,19,20). The Morgan fingerprint density at radius 3 is 2.80 bits per heavy atom. The predicted octanol–water partition coefficient (Wildman–Crippen LogP) is 3.51. The van der Waals surface area contributed by atoms with Gasteiger partial charge in [0.05, 0.1) is 0 Å². The predicted molar refractivity (Wildman–Crippen MR) is 78.6 cm³/mol. The largest absolute Gasteiger partial charge is 0.326 e. The summed E-state index contributed by atoms with van der Waals surface area (Å²) in [6.45, 7) is 0. The lowest BCUT2D eigenvalue weighted by molar-refractivity contribution is -0.116. The number of nitrogens with one attached hydrogen (secondary N) is 1. The maximum Gasteiger partial charge on any atom is 0.224 e. The van der Waals surface area contributed by atoms with E-state index in [4.69, 9.17) is 0 Å². The van der Waals surface area contributed by atoms with Crippen molar-refractivity contribution in [1.82, 2.24) is 4.98 Å². The fourth-order valence-electron chi connectivity index (χ4n) is 3.11. The van der Waals surface area contributed by atoms with Crippen molar-refractivity contribution in [3.63, 3.8) is 0 Å². The van der Waals surface area contributed by atoms with Crippen molar-refractivity contribution >= 4 is 11.6 Å². The van der Waals surface area contributed by atoms with Crippen LogP contribution in [0.4, 0.5) is 5.69 Å². The quantitative estimate of drug-likeness (QED) is 0.901. The zero-order chi connectivity index (χ0) is 13.5. The molecule has 2 heterocycles. The molecule has 1 fully saturated rings. The first-order valence-corrected chi connectivity index (χ1v) is 7.19. The highest BCUT2D eigenvalue weighted by atomic mass is 16.1. The molecule has 100 valence electrons. The van der Waals surface area contributed by atoms with Gasteiger partial charge in [0.25, 0.3) is 0 Å². The number of aromatic nitrogens is 1. The summed E-state index contributed by atoms with van der Waals surface area (Å²) in [6, 6.07) is 8.27. The van der Waals surface area contributed by atoms with Gasteiger partial charge < -0.3 is 5.32 Å². The average Bonchev–Trinajstić information content (AvgIpc) is 3.31. The molecule has 2 aliphatic rings. The molecular formula is C17H16N2O. The monoisotopic (exact) mass is 264 g/mol. The van der Waals surface area contributed by atoms with Gasteiger partial charge in [-0.3, -0.25) is 9.78 Å². The second-order valence-electron chi connectivity index (χ2n) is 5.62. The lowest BCUT2D eigenvalue weighted by Gasteiger charge is -2.22. The molecule has 1 aromatic heterocycles. The van der Waals surface area contributed by atoms with Crippen LogP contribution in [0.1, 0.15) is 36.3 Å². The maximum absolute atomic E-state index is 11.6. The van der Waals surface area contributed by atoms with E-state index in [1.165, 1.54) is 35.1 Å². The van der Waals surface area contributed by atoms with E-state index in [0.29, 0.717) is 12.3 Å². The first kappa shape index (κ1) is 11.6. The van der Waals surface area contributed by atoms with Crippen molar-refractivity contribution < 1.29 is 4.79 Å². The Bertz CT molecular complexity index is 675. The third-order valence-corrected chi connectivity index (χ3v) is 4.19. The first-order chi connectivity index (χ1) is 9.83. The molecule has 0 saturated heterocycles. The van der Waals surface area contributed by atoms with Crippen LogP contribution in [-0.4, -0.2) is 10.9 Å². The number of hydrogen-bond acceptors (Lipinski definition) is 2. The molecule has 1 aromatic carbocycles. The van der Waals surface area contributed by atoms with Gasteiger partial charge in [0.15, 0.2) is 0 Å². The number of carbonyl (C=O) groups excluding carboxylic acids is 1. The highest BCUT2D eigenvalue weighted by Crippen LogP contribution is 2.48. The summed E-state index contributed by atoms with van der Waals surface area (Å²) in [5, 5.41) is 3.01. The number of benzene rings is 1. The Morgan fingerprint density at radius 2 is 2.05 bits per heavy atom. The molecule has 1 saturated carbocycles. The fraction of sp³-hybridized carbons (Fsp3) is 0.294. The van der Waals surface area contributed by atoms with Crippen molar-refractivity contribution in [2.75, 3.05) is 5.32 Å². The van der Waals surface area contributed by atoms with Gasteiger partial charge in [-0.15, -0.1) is 0 Å². The van der Waals surface area contributed by atoms with Crippen LogP contribution in [-0.2, 0) is 11.2 Å². The minimum Gasteiger partial charge on any atom is -0.326 e. The summed E-state index contributed by atoms with van der Waals surface area (Å²) in [7, 11) is 0. The van der Waals surface area contributed by atoms with Crippen molar-refractivity contribution in [2.45, 2.75) is 31.6 Å². The topological polar surface area (TPSA) is 42.0 Å². The molecule has 3 heteroatoms. The Labute approximate surface area is 118 Å². The van der Waals surface area contributed by atoms with Gasteiger partial charge in [-0.25, -0.2) is 0 Å². The smallest absolute Gasteiger partial charge is 0.224 e. The van der Waals surface area contributed by atoms with Crippen molar-refractivity contribution in [3.05, 3.63) is 47.8 Å². The Hall–Kier alpha value is -2.16. The second-order valence-corrected chi connectivity index (χ2v) is 5.62. The molecule has 1 amide bonds. The number of anilines is 1. The van der Waals surface area contributed by atoms with Crippen LogP contribution in [0, 0.1) is 0 Å². The van der Waals surface area contributed by atoms with Crippen LogP contribution in [0.2, 0.25) is 0 Å². The molecule has 0 radical (unpaired) electrons. The third kappa shape index (κ3) is 1.90. The van der Waals surface area contributed by atoms with Crippen LogP contribution in [0.15, 0.2) is 36.7 Å². The van der Waals surface area contributed by atoms with Crippen LogP contribution < -0.4 is 5.32 Å². The highest BCUT2D eigenvalue weighted by Gasteiger charge is 2.31. The molecule has 1 aliphatic heterocycles. The number of hydrogen-bond donors (Lipinski definition) is 1. The number of fused-ring (bicyclic) bond motifs is 1. The van der Waals surface area contributed by atoms with Crippen molar-refractivity contribution in [3.8, 4) is 11.1 Å². The normalized spacial score (nSPS) is 17.5. The van der Waals surface area contributed by atoms with E-state index in [2.05, 4.69) is 22.4 Å². The van der Waals surface area contributed by atoms with Gasteiger partial charge in [-0.05, 0) is 54.0 Å². The molecule has 1 N–H and O–H groups in total.